The molecule has 2 nitrogen and oxygen atoms in total. The smallest absolute Gasteiger partial charge is 0.230 e. The van der Waals surface area contributed by atoms with Crippen molar-refractivity contribution in [1.82, 2.24) is 0 Å². The van der Waals surface area contributed by atoms with Gasteiger partial charge in [0, 0.05) is 0 Å². The van der Waals surface area contributed by atoms with E-state index >= 15 is 0 Å². The topological polar surface area (TPSA) is 34.1 Å². The van der Waals surface area contributed by atoms with Gasteiger partial charge >= 0.3 is 10.7 Å². The summed E-state index contributed by atoms with van der Waals surface area (Å²) < 4.78 is 96.4. The molecule has 1 fully saturated rings. The van der Waals surface area contributed by atoms with Gasteiger partial charge in [-0.25, -0.2) is 8.42 Å². The molecular weight excluding hydrogens is 306 g/mol. The van der Waals surface area contributed by atoms with Gasteiger partial charge in [-0.1, -0.05) is 0 Å². The number of rotatable bonds is 2. The van der Waals surface area contributed by atoms with Crippen LogP contribution in [-0.4, -0.2) is 29.7 Å². The third kappa shape index (κ3) is 2.95. The summed E-state index contributed by atoms with van der Waals surface area (Å²) in [5, 5.41) is -8.77. The second-order valence-electron chi connectivity index (χ2n) is 3.90. The number of hydrogen-bond donors (Lipinski definition) is 0. The van der Waals surface area contributed by atoms with Crippen LogP contribution in [0.15, 0.2) is 0 Å². The highest BCUT2D eigenvalue weighted by Crippen LogP contribution is 2.32. The summed E-state index contributed by atoms with van der Waals surface area (Å²) >= 11 is 0. The average Bonchev–Trinajstić information content (AvgIpc) is 2.28. The molecular formula is C8H10F6O2S2. The minimum atomic E-state index is -4.97. The molecule has 2 unspecified atom stereocenters. The van der Waals surface area contributed by atoms with E-state index in [-0.39, 0.29) is 0 Å². The lowest BCUT2D eigenvalue weighted by Gasteiger charge is -2.26. The van der Waals surface area contributed by atoms with Crippen molar-refractivity contribution in [3.8, 4) is 0 Å². The molecule has 0 N–H and O–H groups in total. The van der Waals surface area contributed by atoms with Crippen molar-refractivity contribution < 1.29 is 33.8 Å². The Morgan fingerprint density at radius 2 is 0.944 bits per heavy atom. The zero-order valence-corrected chi connectivity index (χ0v) is 10.5. The monoisotopic (exact) mass is 316 g/mol. The van der Waals surface area contributed by atoms with E-state index in [1.165, 1.54) is 0 Å². The molecule has 1 saturated carbocycles. The van der Waals surface area contributed by atoms with Crippen LogP contribution in [0, 0.1) is 0 Å². The molecule has 0 aliphatic heterocycles. The van der Waals surface area contributed by atoms with Gasteiger partial charge in [-0.05, 0) is 25.7 Å². The van der Waals surface area contributed by atoms with Crippen molar-refractivity contribution in [2.45, 2.75) is 36.2 Å². The van der Waals surface area contributed by atoms with Gasteiger partial charge in [0.25, 0.3) is 0 Å². The van der Waals surface area contributed by atoms with Crippen LogP contribution in [0.5, 0.6) is 0 Å². The summed E-state index contributed by atoms with van der Waals surface area (Å²) in [4.78, 5) is 0. The molecule has 1 aliphatic rings. The highest BCUT2D eigenvalue weighted by molar-refractivity contribution is 7.98. The summed E-state index contributed by atoms with van der Waals surface area (Å²) in [5.74, 6) is 0. The largest absolute Gasteiger partial charge is 0.351 e. The van der Waals surface area contributed by atoms with Crippen molar-refractivity contribution in [3.05, 3.63) is 0 Å². The van der Waals surface area contributed by atoms with E-state index in [0.717, 1.165) is 0 Å². The first kappa shape index (κ1) is 15.7. The Kier molecular flexibility index (Phi) is 4.63. The molecule has 0 bridgehead atoms. The van der Waals surface area contributed by atoms with E-state index in [0.29, 0.717) is 0 Å². The molecule has 1 aliphatic carbocycles. The maximum Gasteiger partial charge on any atom is 0.351 e. The lowest BCUT2D eigenvalue weighted by Crippen LogP contribution is -2.32. The fourth-order valence-electron chi connectivity index (χ4n) is 1.89. The van der Waals surface area contributed by atoms with Crippen LogP contribution < -0.4 is 0 Å². The fourth-order valence-corrected chi connectivity index (χ4v) is 4.15. The molecule has 2 atom stereocenters. The predicted octanol–water partition coefficient (Wildman–Crippen LogP) is 2.69. The highest BCUT2D eigenvalue weighted by atomic mass is 32.2. The Labute approximate surface area is 101 Å². The van der Waals surface area contributed by atoms with Gasteiger partial charge in [-0.3, -0.25) is 0 Å². The van der Waals surface area contributed by atoms with Crippen LogP contribution in [0.1, 0.15) is 25.7 Å². The van der Waals surface area contributed by atoms with E-state index in [4.69, 9.17) is 0 Å². The number of hydrogen-bond acceptors (Lipinski definition) is 2. The van der Waals surface area contributed by atoms with Crippen LogP contribution in [-0.2, 0) is 19.8 Å². The first-order chi connectivity index (χ1) is 8.10. The lowest BCUT2D eigenvalue weighted by atomic mass is 10.00. The zero-order chi connectivity index (χ0) is 14.1. The van der Waals surface area contributed by atoms with Crippen molar-refractivity contribution in [3.63, 3.8) is 0 Å². The van der Waals surface area contributed by atoms with Crippen LogP contribution in [0.3, 0.4) is 0 Å². The van der Waals surface area contributed by atoms with E-state index in [1.807, 2.05) is 0 Å². The maximum atomic E-state index is 13.1. The lowest BCUT2D eigenvalue weighted by molar-refractivity contribution is 0.478. The van der Waals surface area contributed by atoms with Gasteiger partial charge < -0.3 is 0 Å². The average molecular weight is 316 g/mol. The summed E-state index contributed by atoms with van der Waals surface area (Å²) in [5.41, 5.74) is 0. The van der Waals surface area contributed by atoms with Crippen LogP contribution >= 0.6 is 0 Å². The summed E-state index contributed by atoms with van der Waals surface area (Å²) in [6.45, 7) is 0. The fraction of sp³-hybridized carbons (Fsp3) is 0.750. The van der Waals surface area contributed by atoms with Crippen molar-refractivity contribution in [1.29, 1.82) is 0 Å². The standard InChI is InChI=1S/C8H10F6O2S2/c9-7(10)17(13,15)5-1-2-6(4-3-5)18(14,16)8(11)12/h5-6H,1-4H2. The summed E-state index contributed by atoms with van der Waals surface area (Å²) in [6, 6.07) is 0. The van der Waals surface area contributed by atoms with Gasteiger partial charge in [-0.15, -0.1) is 7.77 Å². The van der Waals surface area contributed by atoms with Gasteiger partial charge in [0.1, 0.15) is 0 Å². The molecule has 0 spiro atoms. The molecule has 0 aromatic heterocycles. The molecule has 0 aromatic rings. The second kappa shape index (κ2) is 5.32. The predicted molar refractivity (Wildman–Crippen MR) is 59.0 cm³/mol. The van der Waals surface area contributed by atoms with Crippen LogP contribution in [0.2, 0.25) is 0 Å². The minimum Gasteiger partial charge on any atom is -0.230 e. The molecule has 10 heteroatoms. The van der Waals surface area contributed by atoms with E-state index in [9.17, 15) is 33.8 Å². The second-order valence-corrected chi connectivity index (χ2v) is 7.96. The van der Waals surface area contributed by atoms with E-state index in [2.05, 4.69) is 0 Å². The Bertz CT molecular complexity index is 490. The van der Waals surface area contributed by atoms with Gasteiger partial charge in [-0.2, -0.15) is 17.6 Å². The quantitative estimate of drug-likeness (QED) is 0.446. The van der Waals surface area contributed by atoms with Gasteiger partial charge in [0.2, 0.25) is 0 Å². The molecule has 1 rings (SSSR count). The minimum absolute atomic E-state index is 0.467. The van der Waals surface area contributed by atoms with Crippen LogP contribution in [0.4, 0.5) is 25.3 Å². The Morgan fingerprint density at radius 1 is 0.722 bits per heavy atom. The zero-order valence-electron chi connectivity index (χ0n) is 8.88. The molecule has 18 heavy (non-hydrogen) atoms. The van der Waals surface area contributed by atoms with Crippen molar-refractivity contribution >= 4 is 30.6 Å². The maximum absolute atomic E-state index is 13.1. The van der Waals surface area contributed by atoms with Crippen LogP contribution in [0.25, 0.3) is 0 Å². The summed E-state index contributed by atoms with van der Waals surface area (Å²) in [6.07, 6.45) is -1.87. The van der Waals surface area contributed by atoms with Crippen molar-refractivity contribution in [2.75, 3.05) is 0 Å². The molecule has 0 heterocycles. The summed E-state index contributed by atoms with van der Waals surface area (Å²) in [7, 11) is -9.93. The van der Waals surface area contributed by atoms with Crippen molar-refractivity contribution in [2.24, 2.45) is 0 Å². The van der Waals surface area contributed by atoms with E-state index in [1.54, 1.807) is 0 Å². The Balaban J connectivity index is 2.88. The number of halogens is 6. The van der Waals surface area contributed by atoms with Gasteiger partial charge in [0.05, 0.1) is 10.5 Å². The SMILES string of the molecule is O=S(F)(=C(F)F)C1CCC(S(=O)(F)=C(F)F)CC1. The van der Waals surface area contributed by atoms with Gasteiger partial charge in [0.15, 0.2) is 19.8 Å². The first-order valence-electron chi connectivity index (χ1n) is 4.91. The normalized spacial score (nSPS) is 31.2. The Morgan fingerprint density at radius 3 is 1.11 bits per heavy atom. The molecule has 0 saturated heterocycles. The molecule has 108 valence electrons. The molecule has 0 amide bonds. The Hall–Kier alpha value is -0.380. The van der Waals surface area contributed by atoms with E-state index < -0.39 is 66.7 Å². The third-order valence-electron chi connectivity index (χ3n) is 2.90. The molecule has 0 aromatic carbocycles. The molecule has 0 radical (unpaired) electrons. The third-order valence-corrected chi connectivity index (χ3v) is 6.40. The highest BCUT2D eigenvalue weighted by Gasteiger charge is 2.37. The first-order valence-corrected chi connectivity index (χ1v) is 7.95.